The summed E-state index contributed by atoms with van der Waals surface area (Å²) < 4.78 is 31.8. The van der Waals surface area contributed by atoms with Crippen molar-refractivity contribution >= 4 is 10.0 Å². The van der Waals surface area contributed by atoms with Crippen LogP contribution in [0.15, 0.2) is 6.33 Å². The number of aryl methyl sites for hydroxylation is 1. The van der Waals surface area contributed by atoms with Gasteiger partial charge in [-0.05, 0) is 13.3 Å². The van der Waals surface area contributed by atoms with Gasteiger partial charge in [0.25, 0.3) is 0 Å². The predicted molar refractivity (Wildman–Crippen MR) is 62.8 cm³/mol. The van der Waals surface area contributed by atoms with Crippen LogP contribution in [0.4, 0.5) is 0 Å². The van der Waals surface area contributed by atoms with E-state index in [2.05, 4.69) is 14.9 Å². The third-order valence-corrected chi connectivity index (χ3v) is 3.62. The maximum Gasteiger partial charge on any atom is 0.211 e. The molecule has 0 unspecified atom stereocenters. The molecular weight excluding hydrogens is 244 g/mol. The van der Waals surface area contributed by atoms with Gasteiger partial charge in [0.15, 0.2) is 0 Å². The smallest absolute Gasteiger partial charge is 0.211 e. The molecule has 0 radical (unpaired) electrons. The molecule has 0 fully saturated rings. The molecule has 1 rings (SSSR count). The molecule has 0 atom stereocenters. The van der Waals surface area contributed by atoms with Gasteiger partial charge < -0.3 is 9.30 Å². The molecule has 0 saturated carbocycles. The first-order chi connectivity index (χ1) is 8.09. The molecule has 98 valence electrons. The largest absolute Gasteiger partial charge is 0.385 e. The fourth-order valence-corrected chi connectivity index (χ4v) is 1.81. The highest BCUT2D eigenvalue weighted by Gasteiger charge is 2.09. The van der Waals surface area contributed by atoms with Gasteiger partial charge in [-0.25, -0.2) is 13.1 Å². The molecule has 0 spiro atoms. The summed E-state index contributed by atoms with van der Waals surface area (Å²) in [4.78, 5) is 0. The molecule has 0 bridgehead atoms. The second-order valence-electron chi connectivity index (χ2n) is 3.51. The summed E-state index contributed by atoms with van der Waals surface area (Å²) >= 11 is 0. The molecule has 0 saturated heterocycles. The first-order valence-corrected chi connectivity index (χ1v) is 7.07. The van der Waals surface area contributed by atoms with Crippen molar-refractivity contribution in [3.63, 3.8) is 0 Å². The number of sulfonamides is 1. The highest BCUT2D eigenvalue weighted by Crippen LogP contribution is 1.98. The van der Waals surface area contributed by atoms with E-state index >= 15 is 0 Å². The highest BCUT2D eigenvalue weighted by molar-refractivity contribution is 7.89. The first kappa shape index (κ1) is 14.1. The van der Waals surface area contributed by atoms with Crippen LogP contribution in [0, 0.1) is 0 Å². The maximum atomic E-state index is 11.3. The lowest BCUT2D eigenvalue weighted by Gasteiger charge is -2.07. The van der Waals surface area contributed by atoms with Gasteiger partial charge in [-0.1, -0.05) is 0 Å². The Labute approximate surface area is 101 Å². The summed E-state index contributed by atoms with van der Waals surface area (Å²) in [6.45, 7) is 3.12. The third-order valence-electron chi connectivity index (χ3n) is 2.27. The summed E-state index contributed by atoms with van der Waals surface area (Å²) in [6, 6.07) is 0. The van der Waals surface area contributed by atoms with Gasteiger partial charge in [0, 0.05) is 20.3 Å². The van der Waals surface area contributed by atoms with Crippen molar-refractivity contribution < 1.29 is 13.2 Å². The van der Waals surface area contributed by atoms with E-state index in [1.165, 1.54) is 0 Å². The Hall–Kier alpha value is -0.990. The molecule has 1 heterocycles. The summed E-state index contributed by atoms with van der Waals surface area (Å²) in [5.41, 5.74) is 0. The molecule has 1 N–H and O–H groups in total. The summed E-state index contributed by atoms with van der Waals surface area (Å²) in [7, 11) is -1.55. The van der Waals surface area contributed by atoms with Crippen molar-refractivity contribution in [2.45, 2.75) is 26.4 Å². The minimum absolute atomic E-state index is 0.0603. The minimum atomic E-state index is -3.19. The highest BCUT2D eigenvalue weighted by atomic mass is 32.2. The molecule has 0 aliphatic carbocycles. The Morgan fingerprint density at radius 1 is 1.53 bits per heavy atom. The second-order valence-corrected chi connectivity index (χ2v) is 5.61. The lowest BCUT2D eigenvalue weighted by atomic mass is 10.4. The van der Waals surface area contributed by atoms with Crippen molar-refractivity contribution in [2.75, 3.05) is 19.5 Å². The van der Waals surface area contributed by atoms with Crippen LogP contribution < -0.4 is 4.72 Å². The topological polar surface area (TPSA) is 86.1 Å². The second kappa shape index (κ2) is 6.67. The molecule has 1 aromatic heterocycles. The van der Waals surface area contributed by atoms with E-state index in [1.54, 1.807) is 20.4 Å². The molecule has 0 aliphatic heterocycles. The monoisotopic (exact) mass is 262 g/mol. The van der Waals surface area contributed by atoms with Crippen LogP contribution in [0.2, 0.25) is 0 Å². The van der Waals surface area contributed by atoms with Crippen molar-refractivity contribution in [3.8, 4) is 0 Å². The molecule has 17 heavy (non-hydrogen) atoms. The molecule has 0 aromatic carbocycles. The fraction of sp³-hybridized carbons (Fsp3) is 0.778. The molecule has 0 aliphatic rings. The Balaban J connectivity index is 2.51. The Morgan fingerprint density at radius 3 is 2.94 bits per heavy atom. The van der Waals surface area contributed by atoms with E-state index in [1.807, 2.05) is 4.57 Å². The number of methoxy groups -OCH3 is 1. The number of aromatic nitrogens is 3. The lowest BCUT2D eigenvalue weighted by molar-refractivity contribution is 0.190. The van der Waals surface area contributed by atoms with E-state index in [0.29, 0.717) is 19.0 Å². The fourth-order valence-electron chi connectivity index (χ4n) is 1.26. The summed E-state index contributed by atoms with van der Waals surface area (Å²) in [5, 5.41) is 7.64. The van der Waals surface area contributed by atoms with E-state index in [-0.39, 0.29) is 12.3 Å². The zero-order chi connectivity index (χ0) is 12.7. The minimum Gasteiger partial charge on any atom is -0.385 e. The number of ether oxygens (including phenoxy) is 1. The van der Waals surface area contributed by atoms with Crippen LogP contribution in [0.5, 0.6) is 0 Å². The van der Waals surface area contributed by atoms with Crippen LogP contribution in [-0.2, 0) is 27.8 Å². The Morgan fingerprint density at radius 2 is 2.29 bits per heavy atom. The van der Waals surface area contributed by atoms with Crippen molar-refractivity contribution in [1.29, 1.82) is 0 Å². The van der Waals surface area contributed by atoms with Crippen LogP contribution in [0.1, 0.15) is 19.2 Å². The molecule has 8 heteroatoms. The maximum absolute atomic E-state index is 11.3. The molecule has 1 aromatic rings. The van der Waals surface area contributed by atoms with Gasteiger partial charge in [0.2, 0.25) is 10.0 Å². The number of hydrogen-bond acceptors (Lipinski definition) is 5. The van der Waals surface area contributed by atoms with Gasteiger partial charge in [0.05, 0.1) is 12.3 Å². The van der Waals surface area contributed by atoms with E-state index in [9.17, 15) is 8.42 Å². The Bertz CT molecular complexity index is 429. The molecular formula is C9H18N4O3S. The lowest BCUT2D eigenvalue weighted by Crippen LogP contribution is -2.26. The number of nitrogens with zero attached hydrogens (tertiary/aromatic N) is 3. The first-order valence-electron chi connectivity index (χ1n) is 5.42. The van der Waals surface area contributed by atoms with Gasteiger partial charge in [-0.2, -0.15) is 0 Å². The van der Waals surface area contributed by atoms with Gasteiger partial charge in [-0.3, -0.25) is 0 Å². The number of rotatable bonds is 8. The SMILES string of the molecule is CCS(=O)(=O)NCc1nncn1CCCOC. The predicted octanol–water partition coefficient (Wildman–Crippen LogP) is -0.246. The normalized spacial score (nSPS) is 11.9. The van der Waals surface area contributed by atoms with Crippen LogP contribution in [-0.4, -0.2) is 42.7 Å². The van der Waals surface area contributed by atoms with Crippen molar-refractivity contribution in [1.82, 2.24) is 19.5 Å². The van der Waals surface area contributed by atoms with Gasteiger partial charge in [0.1, 0.15) is 12.2 Å². The van der Waals surface area contributed by atoms with Crippen molar-refractivity contribution in [3.05, 3.63) is 12.2 Å². The number of nitrogens with one attached hydrogen (secondary N) is 1. The standard InChI is InChI=1S/C9H18N4O3S/c1-3-17(14,15)11-7-9-12-10-8-13(9)5-4-6-16-2/h8,11H,3-7H2,1-2H3. The Kier molecular flexibility index (Phi) is 5.52. The molecule has 7 nitrogen and oxygen atoms in total. The van der Waals surface area contributed by atoms with Gasteiger partial charge in [-0.15, -0.1) is 10.2 Å². The van der Waals surface area contributed by atoms with E-state index in [0.717, 1.165) is 6.42 Å². The third kappa shape index (κ3) is 4.80. The van der Waals surface area contributed by atoms with E-state index in [4.69, 9.17) is 4.74 Å². The van der Waals surface area contributed by atoms with Crippen LogP contribution >= 0.6 is 0 Å². The summed E-state index contributed by atoms with van der Waals surface area (Å²) in [6.07, 6.45) is 2.42. The molecule has 0 amide bonds. The zero-order valence-corrected chi connectivity index (χ0v) is 10.9. The zero-order valence-electron chi connectivity index (χ0n) is 10.1. The quantitative estimate of drug-likeness (QED) is 0.653. The van der Waals surface area contributed by atoms with Gasteiger partial charge >= 0.3 is 0 Å². The van der Waals surface area contributed by atoms with Crippen molar-refractivity contribution in [2.24, 2.45) is 0 Å². The summed E-state index contributed by atoms with van der Waals surface area (Å²) in [5.74, 6) is 0.670. The average Bonchev–Trinajstić information content (AvgIpc) is 2.75. The average molecular weight is 262 g/mol. The van der Waals surface area contributed by atoms with Crippen LogP contribution in [0.3, 0.4) is 0 Å². The van der Waals surface area contributed by atoms with E-state index < -0.39 is 10.0 Å². The number of hydrogen-bond donors (Lipinski definition) is 1. The van der Waals surface area contributed by atoms with Crippen LogP contribution in [0.25, 0.3) is 0 Å².